The lowest BCUT2D eigenvalue weighted by atomic mass is 9.48. The molecule has 1 amide bonds. The minimum atomic E-state index is -0.446. The third-order valence-electron chi connectivity index (χ3n) is 6.73. The number of esters is 1. The van der Waals surface area contributed by atoms with E-state index in [0.717, 1.165) is 17.8 Å². The molecule has 4 heteroatoms. The van der Waals surface area contributed by atoms with Gasteiger partial charge < -0.3 is 10.1 Å². The van der Waals surface area contributed by atoms with Gasteiger partial charge in [0.2, 0.25) is 0 Å². The highest BCUT2D eigenvalue weighted by atomic mass is 16.5. The Kier molecular flexibility index (Phi) is 4.30. The zero-order valence-electron chi connectivity index (χ0n) is 14.9. The molecule has 4 bridgehead atoms. The average Bonchev–Trinajstić information content (AvgIpc) is 2.59. The summed E-state index contributed by atoms with van der Waals surface area (Å²) >= 11 is 0. The van der Waals surface area contributed by atoms with Crippen molar-refractivity contribution in [2.24, 2.45) is 23.2 Å². The number of benzene rings is 1. The van der Waals surface area contributed by atoms with Gasteiger partial charge in [-0.25, -0.2) is 4.79 Å². The van der Waals surface area contributed by atoms with Crippen molar-refractivity contribution in [1.29, 1.82) is 0 Å². The van der Waals surface area contributed by atoms with Gasteiger partial charge in [0.1, 0.15) is 0 Å². The van der Waals surface area contributed by atoms with E-state index in [9.17, 15) is 9.59 Å². The zero-order valence-corrected chi connectivity index (χ0v) is 14.9. The molecule has 4 nitrogen and oxygen atoms in total. The SMILES string of the molecule is C[C@H](NC(=O)COC(=O)c1ccccc1)C12CC3CC(CC(C3)C1)C2. The maximum atomic E-state index is 12.3. The van der Waals surface area contributed by atoms with Crippen LogP contribution in [-0.4, -0.2) is 24.5 Å². The second-order valence-corrected chi connectivity index (χ2v) is 8.51. The van der Waals surface area contributed by atoms with Crippen LogP contribution >= 0.6 is 0 Å². The van der Waals surface area contributed by atoms with Crippen LogP contribution in [0.3, 0.4) is 0 Å². The summed E-state index contributed by atoms with van der Waals surface area (Å²) in [5.74, 6) is 1.95. The van der Waals surface area contributed by atoms with Crippen LogP contribution in [0.25, 0.3) is 0 Å². The summed E-state index contributed by atoms with van der Waals surface area (Å²) < 4.78 is 5.16. The molecule has 0 unspecified atom stereocenters. The van der Waals surface area contributed by atoms with Crippen LogP contribution in [0.5, 0.6) is 0 Å². The van der Waals surface area contributed by atoms with Gasteiger partial charge in [0.05, 0.1) is 5.56 Å². The van der Waals surface area contributed by atoms with Gasteiger partial charge in [-0.15, -0.1) is 0 Å². The Hall–Kier alpha value is -1.84. The molecule has 0 spiro atoms. The Bertz CT molecular complexity index is 619. The van der Waals surface area contributed by atoms with E-state index in [2.05, 4.69) is 12.2 Å². The Morgan fingerprint density at radius 1 is 1.08 bits per heavy atom. The number of amides is 1. The quantitative estimate of drug-likeness (QED) is 0.833. The second-order valence-electron chi connectivity index (χ2n) is 8.51. The fraction of sp³-hybridized carbons (Fsp3) is 0.619. The van der Waals surface area contributed by atoms with E-state index in [4.69, 9.17) is 4.74 Å². The van der Waals surface area contributed by atoms with Crippen molar-refractivity contribution in [2.75, 3.05) is 6.61 Å². The van der Waals surface area contributed by atoms with Crippen LogP contribution in [0, 0.1) is 23.2 Å². The monoisotopic (exact) mass is 341 g/mol. The van der Waals surface area contributed by atoms with Crippen LogP contribution in [0.2, 0.25) is 0 Å². The van der Waals surface area contributed by atoms with Crippen molar-refractivity contribution < 1.29 is 14.3 Å². The second kappa shape index (κ2) is 6.47. The molecule has 1 atom stereocenters. The molecular weight excluding hydrogens is 314 g/mol. The minimum Gasteiger partial charge on any atom is -0.452 e. The molecule has 5 rings (SSSR count). The molecule has 25 heavy (non-hydrogen) atoms. The van der Waals surface area contributed by atoms with Crippen molar-refractivity contribution in [3.8, 4) is 0 Å². The van der Waals surface area contributed by atoms with E-state index in [1.807, 2.05) is 6.07 Å². The van der Waals surface area contributed by atoms with Gasteiger partial charge in [-0.2, -0.15) is 0 Å². The first kappa shape index (κ1) is 16.6. The number of ether oxygens (including phenoxy) is 1. The molecule has 0 radical (unpaired) electrons. The molecule has 4 fully saturated rings. The summed E-state index contributed by atoms with van der Waals surface area (Å²) in [7, 11) is 0. The predicted molar refractivity (Wildman–Crippen MR) is 94.9 cm³/mol. The van der Waals surface area contributed by atoms with Crippen LogP contribution in [0.15, 0.2) is 30.3 Å². The number of carbonyl (C=O) groups is 2. The number of nitrogens with one attached hydrogen (secondary N) is 1. The maximum Gasteiger partial charge on any atom is 0.338 e. The molecule has 4 aliphatic rings. The first-order valence-electron chi connectivity index (χ1n) is 9.55. The molecule has 134 valence electrons. The van der Waals surface area contributed by atoms with E-state index in [1.54, 1.807) is 24.3 Å². The van der Waals surface area contributed by atoms with E-state index >= 15 is 0 Å². The molecule has 0 saturated heterocycles. The molecule has 0 aromatic heterocycles. The molecule has 1 aromatic rings. The standard InChI is InChI=1S/C21H27NO3/c1-14(21-10-15-7-16(11-21)9-17(8-15)12-21)22-19(23)13-25-20(24)18-5-3-2-4-6-18/h2-6,14-17H,7-13H2,1H3,(H,22,23)/t14-,15?,16?,17?,21?/m0/s1. The average molecular weight is 341 g/mol. The van der Waals surface area contributed by atoms with Gasteiger partial charge >= 0.3 is 5.97 Å². The molecule has 4 aliphatic carbocycles. The maximum absolute atomic E-state index is 12.3. The predicted octanol–water partition coefficient (Wildman–Crippen LogP) is 3.56. The number of rotatable bonds is 5. The Morgan fingerprint density at radius 2 is 1.64 bits per heavy atom. The largest absolute Gasteiger partial charge is 0.452 e. The molecule has 0 heterocycles. The van der Waals surface area contributed by atoms with Gasteiger partial charge in [-0.1, -0.05) is 18.2 Å². The van der Waals surface area contributed by atoms with Gasteiger partial charge in [0.25, 0.3) is 5.91 Å². The normalized spacial score (nSPS) is 33.7. The zero-order chi connectivity index (χ0) is 17.4. The molecule has 4 saturated carbocycles. The topological polar surface area (TPSA) is 55.4 Å². The van der Waals surface area contributed by atoms with E-state index in [1.165, 1.54) is 38.5 Å². The lowest BCUT2D eigenvalue weighted by molar-refractivity contribution is -0.128. The van der Waals surface area contributed by atoms with Crippen molar-refractivity contribution in [3.63, 3.8) is 0 Å². The molecular formula is C21H27NO3. The summed E-state index contributed by atoms with van der Waals surface area (Å²) in [5, 5.41) is 3.13. The van der Waals surface area contributed by atoms with Crippen molar-refractivity contribution in [3.05, 3.63) is 35.9 Å². The van der Waals surface area contributed by atoms with Gasteiger partial charge in [-0.05, 0) is 80.8 Å². The van der Waals surface area contributed by atoms with Crippen molar-refractivity contribution in [1.82, 2.24) is 5.32 Å². The smallest absolute Gasteiger partial charge is 0.338 e. The summed E-state index contributed by atoms with van der Waals surface area (Å²) in [5.41, 5.74) is 0.748. The minimum absolute atomic E-state index is 0.156. The van der Waals surface area contributed by atoms with Gasteiger partial charge in [0, 0.05) is 6.04 Å². The van der Waals surface area contributed by atoms with E-state index in [-0.39, 0.29) is 24.0 Å². The third kappa shape index (κ3) is 3.31. The van der Waals surface area contributed by atoms with Crippen LogP contribution in [-0.2, 0) is 9.53 Å². The van der Waals surface area contributed by atoms with Crippen LogP contribution < -0.4 is 5.32 Å². The van der Waals surface area contributed by atoms with Crippen LogP contribution in [0.1, 0.15) is 55.8 Å². The Morgan fingerprint density at radius 3 is 2.20 bits per heavy atom. The summed E-state index contributed by atoms with van der Waals surface area (Å²) in [6, 6.07) is 8.95. The summed E-state index contributed by atoms with van der Waals surface area (Å²) in [6.07, 6.45) is 7.95. The lowest BCUT2D eigenvalue weighted by Crippen LogP contribution is -2.56. The number of hydrogen-bond acceptors (Lipinski definition) is 3. The van der Waals surface area contributed by atoms with E-state index in [0.29, 0.717) is 5.56 Å². The Labute approximate surface area is 149 Å². The molecule has 0 aliphatic heterocycles. The first-order valence-corrected chi connectivity index (χ1v) is 9.55. The fourth-order valence-corrected chi connectivity index (χ4v) is 5.93. The first-order chi connectivity index (χ1) is 12.0. The molecule has 1 N–H and O–H groups in total. The third-order valence-corrected chi connectivity index (χ3v) is 6.73. The van der Waals surface area contributed by atoms with Crippen LogP contribution in [0.4, 0.5) is 0 Å². The van der Waals surface area contributed by atoms with Crippen molar-refractivity contribution >= 4 is 11.9 Å². The van der Waals surface area contributed by atoms with E-state index < -0.39 is 5.97 Å². The van der Waals surface area contributed by atoms with Gasteiger partial charge in [0.15, 0.2) is 6.61 Å². The number of carbonyl (C=O) groups excluding carboxylic acids is 2. The Balaban J connectivity index is 1.31. The summed E-state index contributed by atoms with van der Waals surface area (Å²) in [4.78, 5) is 24.2. The highest BCUT2D eigenvalue weighted by molar-refractivity contribution is 5.91. The van der Waals surface area contributed by atoms with Crippen molar-refractivity contribution in [2.45, 2.75) is 51.5 Å². The fourth-order valence-electron chi connectivity index (χ4n) is 5.93. The number of hydrogen-bond donors (Lipinski definition) is 1. The molecule has 1 aromatic carbocycles. The summed E-state index contributed by atoms with van der Waals surface area (Å²) in [6.45, 7) is 1.94. The lowest BCUT2D eigenvalue weighted by Gasteiger charge is -2.59. The van der Waals surface area contributed by atoms with Gasteiger partial charge in [-0.3, -0.25) is 4.79 Å². The highest BCUT2D eigenvalue weighted by Crippen LogP contribution is 2.61. The highest BCUT2D eigenvalue weighted by Gasteiger charge is 2.53.